The van der Waals surface area contributed by atoms with Crippen LogP contribution in [0, 0.1) is 79.8 Å². The molecule has 0 radical (unpaired) electrons. The van der Waals surface area contributed by atoms with E-state index in [-0.39, 0.29) is 52.0 Å². The van der Waals surface area contributed by atoms with Gasteiger partial charge in [-0.2, -0.15) is 0 Å². The minimum Gasteiger partial charge on any atom is -0.481 e. The van der Waals surface area contributed by atoms with E-state index in [0.29, 0.717) is 48.0 Å². The van der Waals surface area contributed by atoms with E-state index in [1.807, 2.05) is 13.8 Å². The summed E-state index contributed by atoms with van der Waals surface area (Å²) in [6.07, 6.45) is 17.3. The fraction of sp³-hybridized carbons (Fsp3) is 0.894. The number of rotatable bonds is 9. The molecule has 1 amide bonds. The van der Waals surface area contributed by atoms with E-state index in [1.54, 1.807) is 0 Å². The fourth-order valence-electron chi connectivity index (χ4n) is 16.4. The Morgan fingerprint density at radius 1 is 0.811 bits per heavy atom. The molecule has 7 saturated carbocycles. The lowest BCUT2D eigenvalue weighted by Crippen LogP contribution is -2.67. The summed E-state index contributed by atoms with van der Waals surface area (Å²) in [4.78, 5) is 38.8. The zero-order valence-corrected chi connectivity index (χ0v) is 35.1. The third-order valence-electron chi connectivity index (χ3n) is 19.2. The second kappa shape index (κ2) is 13.4. The quantitative estimate of drug-likeness (QED) is 0.182. The predicted octanol–water partition coefficient (Wildman–Crippen LogP) is 10.8. The van der Waals surface area contributed by atoms with E-state index in [1.165, 1.54) is 76.2 Å². The zero-order valence-electron chi connectivity index (χ0n) is 35.1. The van der Waals surface area contributed by atoms with E-state index >= 15 is 0 Å². The molecule has 2 unspecified atom stereocenters. The third kappa shape index (κ3) is 6.37. The Kier molecular flexibility index (Phi) is 9.94. The van der Waals surface area contributed by atoms with Crippen LogP contribution in [0.25, 0.3) is 0 Å². The van der Waals surface area contributed by atoms with Gasteiger partial charge in [0.1, 0.15) is 6.10 Å². The highest BCUT2D eigenvalue weighted by atomic mass is 16.5. The van der Waals surface area contributed by atoms with Gasteiger partial charge in [-0.25, -0.2) is 0 Å². The van der Waals surface area contributed by atoms with Crippen LogP contribution >= 0.6 is 0 Å². The molecule has 0 aliphatic heterocycles. The molecule has 7 fully saturated rings. The van der Waals surface area contributed by atoms with E-state index < -0.39 is 11.4 Å². The number of aliphatic carboxylic acids is 1. The molecule has 7 aliphatic rings. The van der Waals surface area contributed by atoms with Crippen molar-refractivity contribution in [1.29, 1.82) is 0 Å². The first-order chi connectivity index (χ1) is 24.7. The number of amides is 1. The van der Waals surface area contributed by atoms with Crippen molar-refractivity contribution in [1.82, 2.24) is 5.32 Å². The van der Waals surface area contributed by atoms with Crippen LogP contribution in [0.15, 0.2) is 12.2 Å². The van der Waals surface area contributed by atoms with Gasteiger partial charge in [0.2, 0.25) is 5.91 Å². The molecule has 298 valence electrons. The number of nitrogens with one attached hydrogen (secondary N) is 1. The first-order valence-corrected chi connectivity index (χ1v) is 22.0. The van der Waals surface area contributed by atoms with Gasteiger partial charge in [-0.15, -0.1) is 0 Å². The van der Waals surface area contributed by atoms with Gasteiger partial charge in [-0.05, 0) is 171 Å². The summed E-state index contributed by atoms with van der Waals surface area (Å²) in [5.74, 6) is 4.36. The minimum absolute atomic E-state index is 0.0419. The third-order valence-corrected chi connectivity index (χ3v) is 19.2. The largest absolute Gasteiger partial charge is 0.481 e. The molecule has 2 bridgehead atoms. The van der Waals surface area contributed by atoms with Gasteiger partial charge in [-0.3, -0.25) is 14.4 Å². The number of carbonyl (C=O) groups excluding carboxylic acids is 2. The number of carbonyl (C=O) groups is 3. The Balaban J connectivity index is 1.09. The van der Waals surface area contributed by atoms with E-state index in [9.17, 15) is 19.5 Å². The van der Waals surface area contributed by atoms with Crippen LogP contribution in [0.3, 0.4) is 0 Å². The lowest BCUT2D eigenvalue weighted by molar-refractivity contribution is -0.250. The van der Waals surface area contributed by atoms with Crippen molar-refractivity contribution in [2.24, 2.45) is 79.8 Å². The van der Waals surface area contributed by atoms with Crippen molar-refractivity contribution in [2.75, 3.05) is 0 Å². The Labute approximate surface area is 322 Å². The molecule has 0 spiro atoms. The Morgan fingerprint density at radius 2 is 1.49 bits per heavy atom. The molecule has 53 heavy (non-hydrogen) atoms. The summed E-state index contributed by atoms with van der Waals surface area (Å²) in [6, 6.07) is 0.371. The molecule has 7 rings (SSSR count). The van der Waals surface area contributed by atoms with Crippen molar-refractivity contribution in [3.63, 3.8) is 0 Å². The smallest absolute Gasteiger partial charge is 0.306 e. The van der Waals surface area contributed by atoms with Crippen molar-refractivity contribution < 1.29 is 24.2 Å². The summed E-state index contributed by atoms with van der Waals surface area (Å²) in [6.45, 7) is 25.7. The first kappa shape index (κ1) is 39.4. The van der Waals surface area contributed by atoms with E-state index in [0.717, 1.165) is 37.0 Å². The number of carboxylic acids is 1. The van der Waals surface area contributed by atoms with Gasteiger partial charge in [0.15, 0.2) is 0 Å². The molecule has 2 N–H and O–H groups in total. The maximum atomic E-state index is 14.1. The Morgan fingerprint density at radius 3 is 2.13 bits per heavy atom. The monoisotopic (exact) mass is 734 g/mol. The molecule has 0 saturated heterocycles. The number of carboxylic acid groups (broad SMARTS) is 1. The molecule has 0 aromatic heterocycles. The van der Waals surface area contributed by atoms with E-state index in [2.05, 4.69) is 60.4 Å². The van der Waals surface area contributed by atoms with Crippen LogP contribution in [0.4, 0.5) is 0 Å². The fourth-order valence-corrected chi connectivity index (χ4v) is 16.4. The SMILES string of the molecule is C=C(C)[C@@H]1CC[C@]2(CC(=O)NC3CC4CCC(C3)C4C)CC[C@]3(C)[C@H](CC[C@@H]4[C@@]5(C)CC[C@H](OC(=O)CC(C)(C)CC(=O)O)C(C)(C)[C@@H]5CC[C@]43C)[C@@H]12. The van der Waals surface area contributed by atoms with Crippen molar-refractivity contribution in [2.45, 2.75) is 184 Å². The van der Waals surface area contributed by atoms with Crippen LogP contribution in [0.5, 0.6) is 0 Å². The highest BCUT2D eigenvalue weighted by molar-refractivity contribution is 5.77. The topological polar surface area (TPSA) is 92.7 Å². The number of fused-ring (bicyclic) bond motifs is 9. The van der Waals surface area contributed by atoms with Crippen molar-refractivity contribution in [3.05, 3.63) is 12.2 Å². The lowest BCUT2D eigenvalue weighted by atomic mass is 9.32. The summed E-state index contributed by atoms with van der Waals surface area (Å²) in [5, 5.41) is 13.0. The summed E-state index contributed by atoms with van der Waals surface area (Å²) in [7, 11) is 0. The van der Waals surface area contributed by atoms with Crippen LogP contribution < -0.4 is 5.32 Å². The van der Waals surface area contributed by atoms with Crippen LogP contribution in [-0.4, -0.2) is 35.1 Å². The second-order valence-corrected chi connectivity index (χ2v) is 22.7. The normalized spacial score (nSPS) is 47.0. The molecule has 12 atom stereocenters. The van der Waals surface area contributed by atoms with Gasteiger partial charge in [0.25, 0.3) is 0 Å². The maximum Gasteiger partial charge on any atom is 0.306 e. The van der Waals surface area contributed by atoms with Gasteiger partial charge >= 0.3 is 11.9 Å². The minimum atomic E-state index is -0.877. The molecule has 0 aromatic rings. The molecule has 7 aliphatic carbocycles. The molecular formula is C47H75NO5. The average molecular weight is 734 g/mol. The number of hydrogen-bond acceptors (Lipinski definition) is 4. The van der Waals surface area contributed by atoms with E-state index in [4.69, 9.17) is 4.74 Å². The molecular weight excluding hydrogens is 659 g/mol. The van der Waals surface area contributed by atoms with Gasteiger partial charge < -0.3 is 15.2 Å². The van der Waals surface area contributed by atoms with Crippen LogP contribution in [0.1, 0.15) is 171 Å². The van der Waals surface area contributed by atoms with Crippen LogP contribution in [-0.2, 0) is 19.1 Å². The van der Waals surface area contributed by atoms with Gasteiger partial charge in [0, 0.05) is 17.9 Å². The summed E-state index contributed by atoms with van der Waals surface area (Å²) >= 11 is 0. The summed E-state index contributed by atoms with van der Waals surface area (Å²) < 4.78 is 6.30. The van der Waals surface area contributed by atoms with Gasteiger partial charge in [-0.1, -0.05) is 67.5 Å². The predicted molar refractivity (Wildman–Crippen MR) is 211 cm³/mol. The maximum absolute atomic E-state index is 14.1. The zero-order chi connectivity index (χ0) is 38.5. The second-order valence-electron chi connectivity index (χ2n) is 22.7. The van der Waals surface area contributed by atoms with Crippen LogP contribution in [0.2, 0.25) is 0 Å². The average Bonchev–Trinajstić information content (AvgIpc) is 3.49. The van der Waals surface area contributed by atoms with Crippen molar-refractivity contribution >= 4 is 17.8 Å². The molecule has 0 heterocycles. The summed E-state index contributed by atoms with van der Waals surface area (Å²) in [5.41, 5.74) is 1.25. The molecule has 6 nitrogen and oxygen atoms in total. The number of hydrogen-bond donors (Lipinski definition) is 2. The van der Waals surface area contributed by atoms with Crippen molar-refractivity contribution in [3.8, 4) is 0 Å². The highest BCUT2D eigenvalue weighted by Crippen LogP contribution is 2.78. The van der Waals surface area contributed by atoms with Gasteiger partial charge in [0.05, 0.1) is 12.8 Å². The molecule has 0 aromatic carbocycles. The Hall–Kier alpha value is -1.85. The first-order valence-electron chi connectivity index (χ1n) is 22.0. The number of allylic oxidation sites excluding steroid dienone is 1. The standard InChI is InChI=1S/C47H75NO5/c1-28(2)33-15-20-47(25-38(49)48-32-23-30-11-12-31(24-32)29(30)3)22-21-45(9)34(41(33)47)13-14-36-44(8)18-17-37(43(6,7)35(44)16-19-46(36,45)10)53-40(52)27-42(4,5)26-39(50)51/h29-37,41H,1,11-27H2,2-10H3,(H,48,49)(H,50,51)/t29?,30?,31?,32?,33-,34+,35-,36+,37-,41+,44-,45+,46+,47+/m0/s1. The highest BCUT2D eigenvalue weighted by Gasteiger charge is 2.71. The lowest BCUT2D eigenvalue weighted by Gasteiger charge is -2.73. The number of esters is 1. The molecule has 6 heteroatoms. The number of ether oxygens (including phenoxy) is 1. The Bertz CT molecular complexity index is 1470.